The van der Waals surface area contributed by atoms with Crippen molar-refractivity contribution in [2.75, 3.05) is 13.1 Å². The maximum absolute atomic E-state index is 13.8. The van der Waals surface area contributed by atoms with E-state index in [0.29, 0.717) is 36.9 Å². The highest BCUT2D eigenvalue weighted by atomic mass is 35.5. The van der Waals surface area contributed by atoms with Crippen LogP contribution >= 0.6 is 37.2 Å². The molecule has 13 N–H and O–H groups in total. The van der Waals surface area contributed by atoms with E-state index in [4.69, 9.17) is 22.9 Å². The number of carbonyl (C=O) groups is 4. The van der Waals surface area contributed by atoms with Gasteiger partial charge in [0.15, 0.2) is 5.96 Å². The number of halogens is 3. The van der Waals surface area contributed by atoms with E-state index in [1.54, 1.807) is 56.3 Å². The van der Waals surface area contributed by atoms with E-state index < -0.39 is 47.9 Å². The van der Waals surface area contributed by atoms with Crippen LogP contribution in [-0.2, 0) is 32.0 Å². The Bertz CT molecular complexity index is 1340. The lowest BCUT2D eigenvalue weighted by Crippen LogP contribution is -2.57. The quantitative estimate of drug-likeness (QED) is 0.0561. The molecule has 0 aromatic heterocycles. The Balaban J connectivity index is 0. The number of phenols is 1. The number of nitrogens with one attached hydrogen (secondary N) is 3. The van der Waals surface area contributed by atoms with Gasteiger partial charge >= 0.3 is 5.97 Å². The number of nitrogens with zero attached hydrogens (tertiary/aromatic N) is 1. The van der Waals surface area contributed by atoms with Gasteiger partial charge in [-0.3, -0.25) is 19.4 Å². The fraction of sp³-hybridized carbons (Fsp3) is 0.469. The number of nitrogens with two attached hydrogens (primary N) is 4. The van der Waals surface area contributed by atoms with Crippen LogP contribution in [0.4, 0.5) is 0 Å². The third-order valence-electron chi connectivity index (χ3n) is 7.50. The molecule has 49 heavy (non-hydrogen) atoms. The fourth-order valence-corrected chi connectivity index (χ4v) is 4.99. The summed E-state index contributed by atoms with van der Waals surface area (Å²) in [5, 5.41) is 27.8. The molecule has 0 saturated carbocycles. The molecule has 4 atom stereocenters. The Morgan fingerprint density at radius 1 is 0.776 bits per heavy atom. The topological polar surface area (TPSA) is 261 Å². The van der Waals surface area contributed by atoms with Gasteiger partial charge in [0, 0.05) is 19.4 Å². The molecule has 0 bridgehead atoms. The minimum Gasteiger partial charge on any atom is -0.508 e. The van der Waals surface area contributed by atoms with Gasteiger partial charge in [0.25, 0.3) is 0 Å². The minimum absolute atomic E-state index is 0. The van der Waals surface area contributed by atoms with Crippen molar-refractivity contribution in [3.05, 3.63) is 64.7 Å². The Kier molecular flexibility index (Phi) is 23.5. The predicted octanol–water partition coefficient (Wildman–Crippen LogP) is 1.11. The van der Waals surface area contributed by atoms with Gasteiger partial charge in [-0.1, -0.05) is 30.3 Å². The molecular formula is C32H51Cl3N8O6. The number of amides is 3. The SMILES string of the molecule is Cc1cc(O)cc(C)c1CC(NC(=O)C(N)CCCN=C(N)N)C(=O)NC(CCCCN)C(=O)NC(Cc1ccccc1)C(=O)O.Cl.Cl.Cl. The molecule has 14 nitrogen and oxygen atoms in total. The van der Waals surface area contributed by atoms with E-state index in [0.717, 1.165) is 11.1 Å². The van der Waals surface area contributed by atoms with Crippen molar-refractivity contribution in [1.29, 1.82) is 0 Å². The van der Waals surface area contributed by atoms with E-state index in [2.05, 4.69) is 20.9 Å². The third kappa shape index (κ3) is 16.9. The van der Waals surface area contributed by atoms with Crippen molar-refractivity contribution < 1.29 is 29.4 Å². The highest BCUT2D eigenvalue weighted by Gasteiger charge is 2.31. The molecule has 17 heteroatoms. The molecule has 0 saturated heterocycles. The number of rotatable bonds is 19. The standard InChI is InChI=1S/C32H48N8O6.3ClH/c1-19-15-22(41)16-20(2)23(19)18-26(39-28(42)24(34)11-8-14-37-32(35)36)30(44)38-25(12-6-7-13-33)29(43)40-27(31(45)46)17-21-9-4-3-5-10-21;;;/h3-5,9-10,15-16,24-27,41H,6-8,11-14,17-18,33-34H2,1-2H3,(H,38,44)(H,39,42)(H,40,43)(H,45,46)(H4,35,36,37);3*1H. The molecule has 2 rings (SSSR count). The van der Waals surface area contributed by atoms with Gasteiger partial charge in [0.2, 0.25) is 17.7 Å². The summed E-state index contributed by atoms with van der Waals surface area (Å²) >= 11 is 0. The van der Waals surface area contributed by atoms with Gasteiger partial charge in [-0.25, -0.2) is 4.79 Å². The first-order valence-corrected chi connectivity index (χ1v) is 15.3. The van der Waals surface area contributed by atoms with Gasteiger partial charge in [-0.05, 0) is 86.9 Å². The van der Waals surface area contributed by atoms with Crippen molar-refractivity contribution >= 4 is 66.9 Å². The molecule has 4 unspecified atom stereocenters. The van der Waals surface area contributed by atoms with Crippen molar-refractivity contribution in [3.8, 4) is 5.75 Å². The van der Waals surface area contributed by atoms with Crippen molar-refractivity contribution in [3.63, 3.8) is 0 Å². The zero-order valence-electron chi connectivity index (χ0n) is 27.7. The number of hydrogen-bond acceptors (Lipinski definition) is 8. The summed E-state index contributed by atoms with van der Waals surface area (Å²) in [4.78, 5) is 56.3. The Labute approximate surface area is 305 Å². The van der Waals surface area contributed by atoms with E-state index in [1.807, 2.05) is 0 Å². The molecule has 0 radical (unpaired) electrons. The molecule has 0 fully saturated rings. The maximum Gasteiger partial charge on any atom is 0.326 e. The van der Waals surface area contributed by atoms with Crippen LogP contribution in [0.2, 0.25) is 0 Å². The second kappa shape index (κ2) is 24.3. The smallest absolute Gasteiger partial charge is 0.326 e. The molecule has 2 aromatic rings. The first kappa shape index (κ1) is 47.3. The van der Waals surface area contributed by atoms with Crippen LogP contribution in [0.5, 0.6) is 5.75 Å². The van der Waals surface area contributed by atoms with Crippen molar-refractivity contribution in [1.82, 2.24) is 16.0 Å². The predicted molar refractivity (Wildman–Crippen MR) is 197 cm³/mol. The molecule has 0 aliphatic heterocycles. The number of phenolic OH excluding ortho intramolecular Hbond substituents is 1. The van der Waals surface area contributed by atoms with Gasteiger partial charge in [-0.2, -0.15) is 0 Å². The summed E-state index contributed by atoms with van der Waals surface area (Å²) in [6.45, 7) is 4.19. The largest absolute Gasteiger partial charge is 0.508 e. The summed E-state index contributed by atoms with van der Waals surface area (Å²) in [6.07, 6.45) is 2.01. The van der Waals surface area contributed by atoms with Crippen LogP contribution in [0.1, 0.15) is 54.4 Å². The number of unbranched alkanes of at least 4 members (excludes halogenated alkanes) is 1. The summed E-state index contributed by atoms with van der Waals surface area (Å²) in [7, 11) is 0. The lowest BCUT2D eigenvalue weighted by molar-refractivity contribution is -0.142. The van der Waals surface area contributed by atoms with Gasteiger partial charge < -0.3 is 49.1 Å². The zero-order valence-corrected chi connectivity index (χ0v) is 30.2. The second-order valence-corrected chi connectivity index (χ2v) is 11.3. The number of carbonyl (C=O) groups excluding carboxylic acids is 3. The number of aryl methyl sites for hydroxylation is 2. The number of aromatic hydroxyl groups is 1. The van der Waals surface area contributed by atoms with Crippen LogP contribution in [0, 0.1) is 13.8 Å². The molecule has 276 valence electrons. The Morgan fingerprint density at radius 3 is 1.88 bits per heavy atom. The minimum atomic E-state index is -1.24. The molecule has 0 spiro atoms. The van der Waals surface area contributed by atoms with Gasteiger partial charge in [0.1, 0.15) is 23.9 Å². The first-order chi connectivity index (χ1) is 21.8. The highest BCUT2D eigenvalue weighted by Crippen LogP contribution is 2.22. The highest BCUT2D eigenvalue weighted by molar-refractivity contribution is 5.94. The fourth-order valence-electron chi connectivity index (χ4n) is 4.99. The number of aliphatic imine (C=N–C) groups is 1. The van der Waals surface area contributed by atoms with E-state index in [-0.39, 0.29) is 81.2 Å². The summed E-state index contributed by atoms with van der Waals surface area (Å²) < 4.78 is 0. The summed E-state index contributed by atoms with van der Waals surface area (Å²) in [5.74, 6) is -3.15. The van der Waals surface area contributed by atoms with E-state index >= 15 is 0 Å². The van der Waals surface area contributed by atoms with Gasteiger partial charge in [0.05, 0.1) is 6.04 Å². The lowest BCUT2D eigenvalue weighted by Gasteiger charge is -2.26. The molecule has 0 aliphatic rings. The summed E-state index contributed by atoms with van der Waals surface area (Å²) in [6, 6.07) is 7.51. The van der Waals surface area contributed by atoms with Crippen LogP contribution < -0.4 is 38.9 Å². The maximum atomic E-state index is 13.8. The second-order valence-electron chi connectivity index (χ2n) is 11.3. The molecule has 0 heterocycles. The van der Waals surface area contributed by atoms with Crippen LogP contribution in [-0.4, -0.2) is 77.1 Å². The van der Waals surface area contributed by atoms with Crippen molar-refractivity contribution in [2.45, 2.75) is 83.0 Å². The van der Waals surface area contributed by atoms with Crippen LogP contribution in [0.15, 0.2) is 47.5 Å². The monoisotopic (exact) mass is 748 g/mol. The first-order valence-electron chi connectivity index (χ1n) is 15.3. The normalized spacial score (nSPS) is 12.7. The molecule has 2 aromatic carbocycles. The van der Waals surface area contributed by atoms with E-state index in [1.165, 1.54) is 0 Å². The van der Waals surface area contributed by atoms with Crippen molar-refractivity contribution in [2.24, 2.45) is 27.9 Å². The van der Waals surface area contributed by atoms with Gasteiger partial charge in [-0.15, -0.1) is 37.2 Å². The van der Waals surface area contributed by atoms with Crippen LogP contribution in [0.25, 0.3) is 0 Å². The third-order valence-corrected chi connectivity index (χ3v) is 7.50. The molecule has 3 amide bonds. The zero-order chi connectivity index (χ0) is 34.2. The number of aliphatic carboxylic acids is 1. The Hall–Kier alpha value is -3.82. The average molecular weight is 750 g/mol. The number of benzene rings is 2. The number of carboxylic acid groups (broad SMARTS) is 1. The number of carboxylic acids is 1. The molecular weight excluding hydrogens is 699 g/mol. The number of guanidine groups is 1. The van der Waals surface area contributed by atoms with E-state index in [9.17, 15) is 29.4 Å². The molecule has 0 aliphatic carbocycles. The lowest BCUT2D eigenvalue weighted by atomic mass is 9.95. The number of hydrogen-bond donors (Lipinski definition) is 9. The average Bonchev–Trinajstić information content (AvgIpc) is 2.99. The summed E-state index contributed by atoms with van der Waals surface area (Å²) in [5.41, 5.74) is 25.3. The Morgan fingerprint density at radius 2 is 1.33 bits per heavy atom. The van der Waals surface area contributed by atoms with Crippen LogP contribution in [0.3, 0.4) is 0 Å².